The standard InChI is InChI=1S/C24H21F4N5OS/c1-14(24(34,11-33-13-29-12-30-33)18-5-3-16(26)9-20(18)28)32-7-6-21-22(10-32)35-23(31-21)17-4-2-15(25)8-19(17)27/h2-5,8-9,12-14,34H,6-7,10-11H2,1H3/t14-,24-/m1/s1. The van der Waals surface area contributed by atoms with Crippen molar-refractivity contribution in [3.05, 3.63) is 88.5 Å². The van der Waals surface area contributed by atoms with Crippen LogP contribution in [0.2, 0.25) is 0 Å². The van der Waals surface area contributed by atoms with E-state index in [-0.39, 0.29) is 17.7 Å². The van der Waals surface area contributed by atoms with E-state index in [2.05, 4.69) is 15.1 Å². The molecule has 2 aromatic carbocycles. The third-order valence-electron chi connectivity index (χ3n) is 6.43. The number of fused-ring (bicyclic) bond motifs is 1. The number of aliphatic hydroxyl groups is 1. The average Bonchev–Trinajstić information content (AvgIpc) is 3.47. The van der Waals surface area contributed by atoms with E-state index in [1.807, 2.05) is 4.90 Å². The highest BCUT2D eigenvalue weighted by molar-refractivity contribution is 7.15. The molecule has 5 rings (SSSR count). The van der Waals surface area contributed by atoms with Crippen LogP contribution in [0.3, 0.4) is 0 Å². The molecule has 182 valence electrons. The van der Waals surface area contributed by atoms with Crippen molar-refractivity contribution in [3.8, 4) is 10.6 Å². The van der Waals surface area contributed by atoms with Gasteiger partial charge in [0.15, 0.2) is 0 Å². The van der Waals surface area contributed by atoms with Crippen LogP contribution in [0.1, 0.15) is 23.1 Å². The fourth-order valence-corrected chi connectivity index (χ4v) is 5.63. The minimum atomic E-state index is -1.76. The maximum Gasteiger partial charge on any atom is 0.137 e. The Morgan fingerprint density at radius 1 is 1.09 bits per heavy atom. The summed E-state index contributed by atoms with van der Waals surface area (Å²) >= 11 is 1.30. The summed E-state index contributed by atoms with van der Waals surface area (Å²) in [5.41, 5.74) is -0.781. The number of benzene rings is 2. The molecule has 2 atom stereocenters. The highest BCUT2D eigenvalue weighted by atomic mass is 32.1. The van der Waals surface area contributed by atoms with Crippen molar-refractivity contribution in [2.24, 2.45) is 0 Å². The molecular weight excluding hydrogens is 482 g/mol. The normalized spacial score (nSPS) is 16.6. The highest BCUT2D eigenvalue weighted by Gasteiger charge is 2.43. The van der Waals surface area contributed by atoms with Crippen LogP contribution < -0.4 is 0 Å². The van der Waals surface area contributed by atoms with E-state index >= 15 is 0 Å². The average molecular weight is 504 g/mol. The Balaban J connectivity index is 1.46. The molecular formula is C24H21F4N5OS. The van der Waals surface area contributed by atoms with Gasteiger partial charge in [-0.25, -0.2) is 32.2 Å². The lowest BCUT2D eigenvalue weighted by Crippen LogP contribution is -2.53. The third kappa shape index (κ3) is 4.46. The van der Waals surface area contributed by atoms with Crippen molar-refractivity contribution in [2.75, 3.05) is 6.54 Å². The van der Waals surface area contributed by atoms with Gasteiger partial charge in [-0.15, -0.1) is 11.3 Å². The van der Waals surface area contributed by atoms with E-state index in [9.17, 15) is 22.7 Å². The van der Waals surface area contributed by atoms with Crippen LogP contribution in [0, 0.1) is 23.3 Å². The van der Waals surface area contributed by atoms with Crippen molar-refractivity contribution in [1.82, 2.24) is 24.6 Å². The maximum absolute atomic E-state index is 14.9. The molecule has 0 spiro atoms. The zero-order valence-electron chi connectivity index (χ0n) is 18.6. The van der Waals surface area contributed by atoms with E-state index in [0.717, 1.165) is 28.8 Å². The van der Waals surface area contributed by atoms with Gasteiger partial charge < -0.3 is 5.11 Å². The van der Waals surface area contributed by atoms with Crippen LogP contribution in [0.5, 0.6) is 0 Å². The topological polar surface area (TPSA) is 67.1 Å². The quantitative estimate of drug-likeness (QED) is 0.398. The van der Waals surface area contributed by atoms with Gasteiger partial charge in [0.05, 0.1) is 12.2 Å². The van der Waals surface area contributed by atoms with Gasteiger partial charge in [0.25, 0.3) is 0 Å². The summed E-state index contributed by atoms with van der Waals surface area (Å²) < 4.78 is 57.5. The lowest BCUT2D eigenvalue weighted by atomic mass is 9.85. The largest absolute Gasteiger partial charge is 0.381 e. The van der Waals surface area contributed by atoms with Gasteiger partial charge in [-0.3, -0.25) is 4.90 Å². The molecule has 0 radical (unpaired) electrons. The Labute approximate surface area is 202 Å². The number of hydrogen-bond acceptors (Lipinski definition) is 6. The predicted octanol–water partition coefficient (Wildman–Crippen LogP) is 4.29. The van der Waals surface area contributed by atoms with Crippen molar-refractivity contribution in [1.29, 1.82) is 0 Å². The fraction of sp³-hybridized carbons (Fsp3) is 0.292. The first-order valence-corrected chi connectivity index (χ1v) is 11.7. The molecule has 6 nitrogen and oxygen atoms in total. The van der Waals surface area contributed by atoms with Gasteiger partial charge in [-0.2, -0.15) is 5.10 Å². The second-order valence-electron chi connectivity index (χ2n) is 8.55. The van der Waals surface area contributed by atoms with Crippen LogP contribution >= 0.6 is 11.3 Å². The molecule has 2 aromatic heterocycles. The molecule has 1 N–H and O–H groups in total. The van der Waals surface area contributed by atoms with E-state index in [0.29, 0.717) is 24.5 Å². The zero-order valence-corrected chi connectivity index (χ0v) is 19.4. The van der Waals surface area contributed by atoms with E-state index in [4.69, 9.17) is 0 Å². The lowest BCUT2D eigenvalue weighted by molar-refractivity contribution is -0.0675. The summed E-state index contributed by atoms with van der Waals surface area (Å²) in [5, 5.41) is 16.3. The second-order valence-corrected chi connectivity index (χ2v) is 9.63. The number of halogens is 4. The summed E-state index contributed by atoms with van der Waals surface area (Å²) in [6.45, 7) is 2.56. The van der Waals surface area contributed by atoms with Crippen LogP contribution in [0.4, 0.5) is 17.6 Å². The van der Waals surface area contributed by atoms with E-state index in [1.54, 1.807) is 6.92 Å². The minimum Gasteiger partial charge on any atom is -0.381 e. The van der Waals surface area contributed by atoms with Crippen molar-refractivity contribution in [2.45, 2.75) is 38.1 Å². The predicted molar refractivity (Wildman–Crippen MR) is 121 cm³/mol. The van der Waals surface area contributed by atoms with Crippen LogP contribution in [-0.4, -0.2) is 42.3 Å². The van der Waals surface area contributed by atoms with E-state index in [1.165, 1.54) is 46.9 Å². The van der Waals surface area contributed by atoms with Gasteiger partial charge >= 0.3 is 0 Å². The molecule has 0 saturated heterocycles. The molecule has 1 aliphatic rings. The maximum atomic E-state index is 14.9. The molecule has 0 fully saturated rings. The van der Waals surface area contributed by atoms with Crippen LogP contribution in [-0.2, 0) is 25.1 Å². The smallest absolute Gasteiger partial charge is 0.137 e. The van der Waals surface area contributed by atoms with Crippen molar-refractivity contribution >= 4 is 11.3 Å². The summed E-state index contributed by atoms with van der Waals surface area (Å²) in [7, 11) is 0. The summed E-state index contributed by atoms with van der Waals surface area (Å²) in [5.74, 6) is -2.94. The number of nitrogens with zero attached hydrogens (tertiary/aromatic N) is 5. The molecule has 4 aromatic rings. The Morgan fingerprint density at radius 3 is 2.51 bits per heavy atom. The monoisotopic (exact) mass is 503 g/mol. The molecule has 0 bridgehead atoms. The van der Waals surface area contributed by atoms with Gasteiger partial charge in [0, 0.05) is 53.7 Å². The summed E-state index contributed by atoms with van der Waals surface area (Å²) in [6.07, 6.45) is 3.26. The zero-order chi connectivity index (χ0) is 24.7. The lowest BCUT2D eigenvalue weighted by Gasteiger charge is -2.42. The SMILES string of the molecule is C[C@@H](N1CCc2nc(-c3ccc(F)cc3F)sc2C1)[C@](O)(Cn1cncn1)c1ccc(F)cc1F. The summed E-state index contributed by atoms with van der Waals surface area (Å²) in [6, 6.07) is 5.86. The second kappa shape index (κ2) is 9.14. The number of thiazole rings is 1. The first kappa shape index (κ1) is 23.6. The van der Waals surface area contributed by atoms with Gasteiger partial charge in [0.1, 0.15) is 46.5 Å². The Hall–Kier alpha value is -3.15. The molecule has 0 saturated carbocycles. The third-order valence-corrected chi connectivity index (χ3v) is 7.54. The Kier molecular flexibility index (Phi) is 6.16. The van der Waals surface area contributed by atoms with Crippen LogP contribution in [0.25, 0.3) is 10.6 Å². The fourth-order valence-electron chi connectivity index (χ4n) is 4.47. The molecule has 0 amide bonds. The molecule has 1 aliphatic heterocycles. The van der Waals surface area contributed by atoms with Gasteiger partial charge in [-0.05, 0) is 25.1 Å². The molecule has 0 aliphatic carbocycles. The molecule has 0 unspecified atom stereocenters. The van der Waals surface area contributed by atoms with Gasteiger partial charge in [-0.1, -0.05) is 6.07 Å². The molecule has 11 heteroatoms. The van der Waals surface area contributed by atoms with Crippen molar-refractivity contribution in [3.63, 3.8) is 0 Å². The van der Waals surface area contributed by atoms with Gasteiger partial charge in [0.2, 0.25) is 0 Å². The Bertz CT molecular complexity index is 1360. The minimum absolute atomic E-state index is 0.0499. The number of aromatic nitrogens is 4. The first-order chi connectivity index (χ1) is 16.7. The van der Waals surface area contributed by atoms with Crippen LogP contribution in [0.15, 0.2) is 49.1 Å². The van der Waals surface area contributed by atoms with Crippen molar-refractivity contribution < 1.29 is 22.7 Å². The summed E-state index contributed by atoms with van der Waals surface area (Å²) in [4.78, 5) is 11.3. The first-order valence-electron chi connectivity index (χ1n) is 10.9. The molecule has 35 heavy (non-hydrogen) atoms. The highest BCUT2D eigenvalue weighted by Crippen LogP contribution is 2.38. The number of rotatable bonds is 6. The number of hydrogen-bond donors (Lipinski definition) is 1. The Morgan fingerprint density at radius 2 is 1.83 bits per heavy atom. The molecule has 3 heterocycles. The van der Waals surface area contributed by atoms with E-state index < -0.39 is 34.9 Å².